The van der Waals surface area contributed by atoms with E-state index in [0.717, 1.165) is 0 Å². The van der Waals surface area contributed by atoms with Crippen LogP contribution in [0, 0.1) is 20.2 Å². The van der Waals surface area contributed by atoms with Gasteiger partial charge in [0.1, 0.15) is 22.1 Å². The maximum Gasteiger partial charge on any atom is 0.433 e. The van der Waals surface area contributed by atoms with E-state index in [1.807, 2.05) is 0 Å². The van der Waals surface area contributed by atoms with Gasteiger partial charge in [0, 0.05) is 0 Å². The van der Waals surface area contributed by atoms with Gasteiger partial charge >= 0.3 is 5.88 Å². The van der Waals surface area contributed by atoms with Crippen LogP contribution in [0.3, 0.4) is 0 Å². The number of anilines is 1. The Balaban J connectivity index is 2.15. The number of rotatable bonds is 6. The second kappa shape index (κ2) is 5.90. The number of nitrogens with one attached hydrogen (secondary N) is 1. The second-order valence-corrected chi connectivity index (χ2v) is 3.99. The molecule has 1 aromatic heterocycles. The molecule has 2 rings (SSSR count). The fraction of sp³-hybridized carbons (Fsp3) is 0.167. The van der Waals surface area contributed by atoms with Crippen LogP contribution in [0.4, 0.5) is 17.3 Å². The van der Waals surface area contributed by atoms with E-state index >= 15 is 0 Å². The third-order valence-corrected chi connectivity index (χ3v) is 2.68. The molecule has 0 atom stereocenters. The summed E-state index contributed by atoms with van der Waals surface area (Å²) >= 11 is 0. The van der Waals surface area contributed by atoms with E-state index in [-0.39, 0.29) is 23.8 Å². The van der Waals surface area contributed by atoms with E-state index in [0.29, 0.717) is 11.5 Å². The van der Waals surface area contributed by atoms with E-state index in [4.69, 9.17) is 9.15 Å². The molecule has 0 spiro atoms. The van der Waals surface area contributed by atoms with Gasteiger partial charge in [0.25, 0.3) is 5.69 Å². The average molecular weight is 293 g/mol. The van der Waals surface area contributed by atoms with Crippen LogP contribution in [0.15, 0.2) is 34.7 Å². The number of nitro groups is 2. The summed E-state index contributed by atoms with van der Waals surface area (Å²) in [6, 6.07) is 7.00. The quantitative estimate of drug-likeness (QED) is 0.641. The molecule has 0 unspecified atom stereocenters. The third-order valence-electron chi connectivity index (χ3n) is 2.68. The lowest BCUT2D eigenvalue weighted by Crippen LogP contribution is -2.02. The Morgan fingerprint density at radius 2 is 1.95 bits per heavy atom. The molecule has 1 aromatic carbocycles. The smallest absolute Gasteiger partial charge is 0.433 e. The first-order valence-electron chi connectivity index (χ1n) is 5.80. The van der Waals surface area contributed by atoms with Gasteiger partial charge in [0.15, 0.2) is 0 Å². The van der Waals surface area contributed by atoms with Gasteiger partial charge in [-0.2, -0.15) is 0 Å². The SMILES string of the molecule is COc1ccc(NCc2ccc([N+](=O)[O-])o2)c([N+](=O)[O-])c1. The lowest BCUT2D eigenvalue weighted by molar-refractivity contribution is -0.402. The van der Waals surface area contributed by atoms with Crippen LogP contribution >= 0.6 is 0 Å². The zero-order valence-corrected chi connectivity index (χ0v) is 10.9. The van der Waals surface area contributed by atoms with Gasteiger partial charge in [0.05, 0.1) is 30.7 Å². The van der Waals surface area contributed by atoms with E-state index in [9.17, 15) is 20.2 Å². The van der Waals surface area contributed by atoms with E-state index in [1.165, 1.54) is 31.4 Å². The summed E-state index contributed by atoms with van der Waals surface area (Å²) in [5, 5.41) is 24.3. The summed E-state index contributed by atoms with van der Waals surface area (Å²) in [5.41, 5.74) is 0.107. The molecule has 0 aliphatic carbocycles. The van der Waals surface area contributed by atoms with E-state index < -0.39 is 9.85 Å². The van der Waals surface area contributed by atoms with Crippen molar-refractivity contribution >= 4 is 17.3 Å². The normalized spacial score (nSPS) is 10.1. The monoisotopic (exact) mass is 293 g/mol. The first-order chi connectivity index (χ1) is 10.0. The highest BCUT2D eigenvalue weighted by molar-refractivity contribution is 5.63. The molecule has 0 fully saturated rings. The van der Waals surface area contributed by atoms with Gasteiger partial charge in [0.2, 0.25) is 0 Å². The number of benzene rings is 1. The van der Waals surface area contributed by atoms with Crippen LogP contribution < -0.4 is 10.1 Å². The Bertz CT molecular complexity index is 681. The molecule has 21 heavy (non-hydrogen) atoms. The van der Waals surface area contributed by atoms with Gasteiger partial charge in [-0.1, -0.05) is 0 Å². The third kappa shape index (κ3) is 3.26. The van der Waals surface area contributed by atoms with Crippen molar-refractivity contribution in [3.63, 3.8) is 0 Å². The molecule has 9 nitrogen and oxygen atoms in total. The summed E-state index contributed by atoms with van der Waals surface area (Å²) in [4.78, 5) is 20.3. The Morgan fingerprint density at radius 3 is 2.52 bits per heavy atom. The van der Waals surface area contributed by atoms with Crippen LogP contribution in [-0.2, 0) is 6.54 Å². The molecule has 0 bridgehead atoms. The van der Waals surface area contributed by atoms with Crippen LogP contribution in [0.2, 0.25) is 0 Å². The minimum Gasteiger partial charge on any atom is -0.496 e. The number of hydrogen-bond acceptors (Lipinski definition) is 7. The van der Waals surface area contributed by atoms with Crippen LogP contribution in [-0.4, -0.2) is 17.0 Å². The van der Waals surface area contributed by atoms with Crippen molar-refractivity contribution in [1.82, 2.24) is 0 Å². The summed E-state index contributed by atoms with van der Waals surface area (Å²) in [7, 11) is 1.41. The lowest BCUT2D eigenvalue weighted by atomic mass is 10.2. The number of methoxy groups -OCH3 is 1. The number of furan rings is 1. The van der Waals surface area contributed by atoms with Crippen molar-refractivity contribution in [1.29, 1.82) is 0 Å². The van der Waals surface area contributed by atoms with Crippen LogP contribution in [0.5, 0.6) is 5.75 Å². The first kappa shape index (κ1) is 14.3. The standard InChI is InChI=1S/C12H11N3O6/c1-20-8-2-4-10(11(6-8)14(16)17)13-7-9-3-5-12(21-9)15(18)19/h2-6,13H,7H2,1H3. The van der Waals surface area contributed by atoms with E-state index in [2.05, 4.69) is 5.32 Å². The van der Waals surface area contributed by atoms with Gasteiger partial charge in [-0.15, -0.1) is 0 Å². The maximum atomic E-state index is 11.0. The molecule has 1 heterocycles. The minimum absolute atomic E-state index is 0.0843. The highest BCUT2D eigenvalue weighted by atomic mass is 16.6. The predicted molar refractivity (Wildman–Crippen MR) is 72.3 cm³/mol. The van der Waals surface area contributed by atoms with Gasteiger partial charge < -0.3 is 14.5 Å². The molecule has 0 radical (unpaired) electrons. The fourth-order valence-electron chi connectivity index (χ4n) is 1.68. The molecule has 2 aromatic rings. The lowest BCUT2D eigenvalue weighted by Gasteiger charge is -2.07. The van der Waals surface area contributed by atoms with Crippen molar-refractivity contribution in [2.75, 3.05) is 12.4 Å². The van der Waals surface area contributed by atoms with Gasteiger partial charge in [-0.25, -0.2) is 0 Å². The van der Waals surface area contributed by atoms with Crippen molar-refractivity contribution in [3.8, 4) is 5.75 Å². The molecule has 0 saturated heterocycles. The number of nitrogens with zero attached hydrogens (tertiary/aromatic N) is 2. The highest BCUT2D eigenvalue weighted by Gasteiger charge is 2.16. The Kier molecular flexibility index (Phi) is 4.02. The van der Waals surface area contributed by atoms with Gasteiger partial charge in [-0.3, -0.25) is 20.2 Å². The molecular weight excluding hydrogens is 282 g/mol. The molecule has 9 heteroatoms. The van der Waals surface area contributed by atoms with Crippen molar-refractivity contribution < 1.29 is 19.0 Å². The molecule has 0 aliphatic rings. The second-order valence-electron chi connectivity index (χ2n) is 3.99. The number of ether oxygens (including phenoxy) is 1. The van der Waals surface area contributed by atoms with Crippen LogP contribution in [0.25, 0.3) is 0 Å². The molecule has 1 N–H and O–H groups in total. The fourth-order valence-corrected chi connectivity index (χ4v) is 1.68. The van der Waals surface area contributed by atoms with Crippen molar-refractivity contribution in [3.05, 3.63) is 56.3 Å². The Labute approximate surface area is 118 Å². The largest absolute Gasteiger partial charge is 0.496 e. The summed E-state index contributed by atoms with van der Waals surface area (Å²) in [5.74, 6) is 0.281. The molecule has 0 amide bonds. The topological polar surface area (TPSA) is 121 Å². The molecule has 0 aliphatic heterocycles. The molecular formula is C12H11N3O6. The average Bonchev–Trinajstić information content (AvgIpc) is 2.94. The summed E-state index contributed by atoms with van der Waals surface area (Å²) in [6.45, 7) is 0.0843. The van der Waals surface area contributed by atoms with Gasteiger partial charge in [-0.05, 0) is 18.2 Å². The maximum absolute atomic E-state index is 11.0. The molecule has 0 saturated carbocycles. The highest BCUT2D eigenvalue weighted by Crippen LogP contribution is 2.29. The zero-order valence-electron chi connectivity index (χ0n) is 10.9. The van der Waals surface area contributed by atoms with Crippen molar-refractivity contribution in [2.24, 2.45) is 0 Å². The number of hydrogen-bond donors (Lipinski definition) is 1. The molecule has 110 valence electrons. The summed E-state index contributed by atoms with van der Waals surface area (Å²) in [6.07, 6.45) is 0. The Hall–Kier alpha value is -3.10. The first-order valence-corrected chi connectivity index (χ1v) is 5.80. The number of nitro benzene ring substituents is 1. The van der Waals surface area contributed by atoms with E-state index in [1.54, 1.807) is 6.07 Å². The summed E-state index contributed by atoms with van der Waals surface area (Å²) < 4.78 is 9.88. The predicted octanol–water partition coefficient (Wildman–Crippen LogP) is 2.72. The Morgan fingerprint density at radius 1 is 1.19 bits per heavy atom. The van der Waals surface area contributed by atoms with Crippen LogP contribution in [0.1, 0.15) is 5.76 Å². The zero-order chi connectivity index (χ0) is 15.4. The minimum atomic E-state index is -0.653. The van der Waals surface area contributed by atoms with Crippen molar-refractivity contribution in [2.45, 2.75) is 6.54 Å².